The Labute approximate surface area is 199 Å². The van der Waals surface area contributed by atoms with Gasteiger partial charge < -0.3 is 0 Å². The van der Waals surface area contributed by atoms with E-state index in [1.165, 1.54) is 51.4 Å². The molecular weight excluding hydrogens is 388 g/mol. The van der Waals surface area contributed by atoms with E-state index >= 15 is 0 Å². The molecule has 1 heteroatoms. The molecule has 32 heavy (non-hydrogen) atoms. The van der Waals surface area contributed by atoms with Gasteiger partial charge in [-0.3, -0.25) is 4.79 Å². The fraction of sp³-hybridized carbons (Fsp3) is 0.903. The Bertz CT molecular complexity index is 770. The Morgan fingerprint density at radius 1 is 1.03 bits per heavy atom. The lowest BCUT2D eigenvalue weighted by molar-refractivity contribution is -0.133. The molecule has 0 bridgehead atoms. The SMILES string of the molecule is C[C@H](CCCC(C)(C)C)[C@H]1CC[C@@]2(C)C3=CC(=O)[C@@H]4C[C@@H](C)[C@@H](C)C[C@]4(C)C3CC[C@]12C. The maximum absolute atomic E-state index is 13.6. The smallest absolute Gasteiger partial charge is 0.159 e. The zero-order chi connectivity index (χ0) is 23.7. The summed E-state index contributed by atoms with van der Waals surface area (Å²) in [5.74, 6) is 4.39. The van der Waals surface area contributed by atoms with Crippen molar-refractivity contribution in [2.45, 2.75) is 120 Å². The topological polar surface area (TPSA) is 17.1 Å². The molecule has 0 saturated heterocycles. The Morgan fingerprint density at radius 2 is 1.72 bits per heavy atom. The van der Waals surface area contributed by atoms with Crippen molar-refractivity contribution in [3.05, 3.63) is 11.6 Å². The molecule has 182 valence electrons. The Hall–Kier alpha value is -0.590. The molecule has 0 N–H and O–H groups in total. The van der Waals surface area contributed by atoms with Gasteiger partial charge in [0.15, 0.2) is 5.78 Å². The van der Waals surface area contributed by atoms with Crippen molar-refractivity contribution in [3.63, 3.8) is 0 Å². The van der Waals surface area contributed by atoms with Gasteiger partial charge in [-0.1, -0.05) is 80.7 Å². The quantitative estimate of drug-likeness (QED) is 0.426. The van der Waals surface area contributed by atoms with Crippen LogP contribution in [0.1, 0.15) is 120 Å². The van der Waals surface area contributed by atoms with E-state index in [2.05, 4.69) is 68.4 Å². The lowest BCUT2D eigenvalue weighted by Gasteiger charge is -2.61. The van der Waals surface area contributed by atoms with Crippen LogP contribution < -0.4 is 0 Å². The van der Waals surface area contributed by atoms with Crippen molar-refractivity contribution in [3.8, 4) is 0 Å². The third-order valence-corrected chi connectivity index (χ3v) is 11.8. The largest absolute Gasteiger partial charge is 0.295 e. The molecule has 0 spiro atoms. The lowest BCUT2D eigenvalue weighted by Crippen LogP contribution is -2.56. The summed E-state index contributed by atoms with van der Waals surface area (Å²) in [7, 11) is 0. The van der Waals surface area contributed by atoms with Gasteiger partial charge in [0.2, 0.25) is 0 Å². The first-order valence-corrected chi connectivity index (χ1v) is 14.0. The highest BCUT2D eigenvalue weighted by Crippen LogP contribution is 2.72. The highest BCUT2D eigenvalue weighted by molar-refractivity contribution is 5.94. The van der Waals surface area contributed by atoms with E-state index in [9.17, 15) is 4.79 Å². The summed E-state index contributed by atoms with van der Waals surface area (Å²) in [6, 6.07) is 0. The van der Waals surface area contributed by atoms with Gasteiger partial charge in [0.25, 0.3) is 0 Å². The van der Waals surface area contributed by atoms with Crippen molar-refractivity contribution in [2.75, 3.05) is 0 Å². The average Bonchev–Trinajstić information content (AvgIpc) is 2.95. The minimum absolute atomic E-state index is 0.188. The molecule has 3 saturated carbocycles. The van der Waals surface area contributed by atoms with Crippen LogP contribution in [0.25, 0.3) is 0 Å². The van der Waals surface area contributed by atoms with E-state index in [4.69, 9.17) is 0 Å². The van der Waals surface area contributed by atoms with E-state index in [0.29, 0.717) is 28.4 Å². The van der Waals surface area contributed by atoms with Crippen molar-refractivity contribution in [1.82, 2.24) is 0 Å². The normalized spacial score (nSPS) is 47.3. The molecule has 4 aliphatic rings. The van der Waals surface area contributed by atoms with Crippen molar-refractivity contribution >= 4 is 5.78 Å². The molecule has 0 radical (unpaired) electrons. The lowest BCUT2D eigenvalue weighted by atomic mass is 9.42. The van der Waals surface area contributed by atoms with Gasteiger partial charge in [0, 0.05) is 5.92 Å². The molecule has 0 aliphatic heterocycles. The van der Waals surface area contributed by atoms with Crippen LogP contribution in [-0.4, -0.2) is 5.78 Å². The number of ketones is 1. The zero-order valence-corrected chi connectivity index (χ0v) is 22.8. The molecule has 0 heterocycles. The number of carbonyl (C=O) groups is 1. The van der Waals surface area contributed by atoms with Gasteiger partial charge in [-0.25, -0.2) is 0 Å². The minimum atomic E-state index is 0.188. The summed E-state index contributed by atoms with van der Waals surface area (Å²) in [5.41, 5.74) is 2.79. The van der Waals surface area contributed by atoms with Gasteiger partial charge in [-0.2, -0.15) is 0 Å². The highest BCUT2D eigenvalue weighted by Gasteiger charge is 2.64. The monoisotopic (exact) mass is 440 g/mol. The van der Waals surface area contributed by atoms with Gasteiger partial charge in [-0.05, 0) is 102 Å². The molecule has 0 aromatic carbocycles. The minimum Gasteiger partial charge on any atom is -0.295 e. The number of hydrogen-bond acceptors (Lipinski definition) is 1. The van der Waals surface area contributed by atoms with E-state index in [1.807, 2.05) is 0 Å². The first kappa shape index (κ1) is 24.5. The predicted molar refractivity (Wildman–Crippen MR) is 136 cm³/mol. The summed E-state index contributed by atoms with van der Waals surface area (Å²) in [4.78, 5) is 13.6. The number of fused-ring (bicyclic) bond motifs is 5. The van der Waals surface area contributed by atoms with Gasteiger partial charge in [0.05, 0.1) is 0 Å². The van der Waals surface area contributed by atoms with Crippen molar-refractivity contribution in [1.29, 1.82) is 0 Å². The Morgan fingerprint density at radius 3 is 2.38 bits per heavy atom. The fourth-order valence-corrected chi connectivity index (χ4v) is 9.38. The third-order valence-electron chi connectivity index (χ3n) is 11.8. The molecule has 0 amide bonds. The second kappa shape index (κ2) is 7.98. The number of hydrogen-bond donors (Lipinski definition) is 0. The molecule has 4 rings (SSSR count). The first-order chi connectivity index (χ1) is 14.7. The molecule has 1 nitrogen and oxygen atoms in total. The second-order valence-corrected chi connectivity index (χ2v) is 14.9. The van der Waals surface area contributed by atoms with Crippen molar-refractivity contribution < 1.29 is 4.79 Å². The third kappa shape index (κ3) is 3.67. The highest BCUT2D eigenvalue weighted by atomic mass is 16.1. The number of allylic oxidation sites excluding steroid dienone is 2. The fourth-order valence-electron chi connectivity index (χ4n) is 9.38. The van der Waals surface area contributed by atoms with Crippen LogP contribution in [-0.2, 0) is 4.79 Å². The van der Waals surface area contributed by atoms with E-state index in [-0.39, 0.29) is 16.7 Å². The van der Waals surface area contributed by atoms with Crippen molar-refractivity contribution in [2.24, 2.45) is 57.2 Å². The van der Waals surface area contributed by atoms with E-state index < -0.39 is 0 Å². The second-order valence-electron chi connectivity index (χ2n) is 14.9. The molecule has 0 aromatic rings. The van der Waals surface area contributed by atoms with Gasteiger partial charge in [-0.15, -0.1) is 0 Å². The molecule has 4 aliphatic carbocycles. The molecule has 1 unspecified atom stereocenters. The summed E-state index contributed by atoms with van der Waals surface area (Å²) in [6.07, 6.45) is 13.9. The van der Waals surface area contributed by atoms with Crippen LogP contribution in [0.2, 0.25) is 0 Å². The van der Waals surface area contributed by atoms with Crippen LogP contribution in [0.5, 0.6) is 0 Å². The van der Waals surface area contributed by atoms with E-state index in [1.54, 1.807) is 5.57 Å². The Balaban J connectivity index is 1.60. The maximum atomic E-state index is 13.6. The predicted octanol–water partition coefficient (Wildman–Crippen LogP) is 8.87. The molecule has 3 fully saturated rings. The summed E-state index contributed by atoms with van der Waals surface area (Å²) in [6.45, 7) is 22.2. The first-order valence-electron chi connectivity index (χ1n) is 14.0. The van der Waals surface area contributed by atoms with Crippen LogP contribution in [0.3, 0.4) is 0 Å². The van der Waals surface area contributed by atoms with Crippen LogP contribution in [0, 0.1) is 57.2 Å². The van der Waals surface area contributed by atoms with Crippen LogP contribution in [0.15, 0.2) is 11.6 Å². The van der Waals surface area contributed by atoms with E-state index in [0.717, 1.165) is 24.2 Å². The standard InChI is InChI=1S/C31H52O/c1-20(11-10-14-28(4,5)6)23-12-15-31(9)25-18-27(32)26-17-21(2)22(3)19-29(26,7)24(25)13-16-30(23,31)8/h18,20-24,26H,10-17,19H2,1-9H3/t20-,21-,22+,23-,24?,26+,29-,30-,31+/m1/s1. The molecule has 9 atom stereocenters. The number of carbonyl (C=O) groups excluding carboxylic acids is 1. The number of rotatable bonds is 4. The Kier molecular flexibility index (Phi) is 6.12. The molecular formula is C31H52O. The molecule has 0 aromatic heterocycles. The summed E-state index contributed by atoms with van der Waals surface area (Å²) >= 11 is 0. The average molecular weight is 441 g/mol. The zero-order valence-electron chi connectivity index (χ0n) is 22.8. The summed E-state index contributed by atoms with van der Waals surface area (Å²) < 4.78 is 0. The maximum Gasteiger partial charge on any atom is 0.159 e. The van der Waals surface area contributed by atoms with Gasteiger partial charge in [0.1, 0.15) is 0 Å². The van der Waals surface area contributed by atoms with Crippen LogP contribution >= 0.6 is 0 Å². The van der Waals surface area contributed by atoms with Crippen LogP contribution in [0.4, 0.5) is 0 Å². The van der Waals surface area contributed by atoms with Gasteiger partial charge >= 0.3 is 0 Å². The summed E-state index contributed by atoms with van der Waals surface area (Å²) in [5, 5.41) is 0.